The summed E-state index contributed by atoms with van der Waals surface area (Å²) < 4.78 is 19.5. The number of pyridine rings is 1. The molecule has 0 bridgehead atoms. The van der Waals surface area contributed by atoms with Crippen LogP contribution in [0.25, 0.3) is 10.9 Å². The minimum Gasteiger partial charge on any atom is -0.478 e. The van der Waals surface area contributed by atoms with Crippen molar-refractivity contribution in [2.45, 2.75) is 52.7 Å². The Bertz CT molecular complexity index is 859. The van der Waals surface area contributed by atoms with E-state index in [4.69, 9.17) is 4.74 Å². The van der Waals surface area contributed by atoms with E-state index in [9.17, 15) is 19.1 Å². The van der Waals surface area contributed by atoms with Crippen LogP contribution in [0, 0.1) is 5.82 Å². The summed E-state index contributed by atoms with van der Waals surface area (Å²) in [6, 6.07) is 3.68. The SMILES string of the molecule is CCc1c(C(=O)O)c([C@H](C)NC(=O)OC(C)(C)C)nc2cccc(F)c12. The van der Waals surface area contributed by atoms with E-state index >= 15 is 0 Å². The van der Waals surface area contributed by atoms with Gasteiger partial charge in [-0.05, 0) is 51.8 Å². The molecule has 1 atom stereocenters. The summed E-state index contributed by atoms with van der Waals surface area (Å²) in [7, 11) is 0. The van der Waals surface area contributed by atoms with Crippen LogP contribution < -0.4 is 5.32 Å². The Morgan fingerprint density at radius 3 is 2.54 bits per heavy atom. The van der Waals surface area contributed by atoms with Crippen molar-refractivity contribution in [3.8, 4) is 0 Å². The van der Waals surface area contributed by atoms with E-state index in [-0.39, 0.29) is 16.6 Å². The summed E-state index contributed by atoms with van der Waals surface area (Å²) in [5, 5.41) is 12.5. The van der Waals surface area contributed by atoms with Crippen LogP contribution >= 0.6 is 0 Å². The number of fused-ring (bicyclic) bond motifs is 1. The lowest BCUT2D eigenvalue weighted by Gasteiger charge is -2.23. The van der Waals surface area contributed by atoms with Crippen molar-refractivity contribution in [1.29, 1.82) is 0 Å². The molecule has 0 aliphatic carbocycles. The lowest BCUT2D eigenvalue weighted by atomic mass is 9.95. The third-order valence-electron chi connectivity index (χ3n) is 3.80. The Kier molecular flexibility index (Phi) is 5.49. The monoisotopic (exact) mass is 362 g/mol. The second-order valence-electron chi connectivity index (χ2n) is 7.01. The Labute approximate surface area is 151 Å². The van der Waals surface area contributed by atoms with E-state index in [1.165, 1.54) is 12.1 Å². The molecule has 0 spiro atoms. The third kappa shape index (κ3) is 4.09. The molecule has 0 radical (unpaired) electrons. The van der Waals surface area contributed by atoms with Crippen molar-refractivity contribution in [3.05, 3.63) is 40.8 Å². The highest BCUT2D eigenvalue weighted by atomic mass is 19.1. The number of carboxylic acid groups (broad SMARTS) is 1. The number of rotatable bonds is 4. The summed E-state index contributed by atoms with van der Waals surface area (Å²) in [6.07, 6.45) is -0.367. The molecular formula is C19H23FN2O4. The van der Waals surface area contributed by atoms with Crippen molar-refractivity contribution >= 4 is 23.0 Å². The number of ether oxygens (including phenoxy) is 1. The number of nitrogens with zero attached hydrogens (tertiary/aromatic N) is 1. The zero-order valence-corrected chi connectivity index (χ0v) is 15.5. The zero-order valence-electron chi connectivity index (χ0n) is 15.5. The van der Waals surface area contributed by atoms with Crippen LogP contribution in [0.3, 0.4) is 0 Å². The second-order valence-corrected chi connectivity index (χ2v) is 7.01. The van der Waals surface area contributed by atoms with E-state index in [0.29, 0.717) is 17.5 Å². The number of amides is 1. The molecule has 0 aliphatic heterocycles. The van der Waals surface area contributed by atoms with Gasteiger partial charge in [-0.2, -0.15) is 0 Å². The number of hydrogen-bond acceptors (Lipinski definition) is 4. The first-order valence-electron chi connectivity index (χ1n) is 8.39. The number of halogens is 1. The van der Waals surface area contributed by atoms with Gasteiger partial charge in [-0.3, -0.25) is 0 Å². The van der Waals surface area contributed by atoms with E-state index in [1.54, 1.807) is 40.7 Å². The summed E-state index contributed by atoms with van der Waals surface area (Å²) in [6.45, 7) is 8.55. The molecule has 26 heavy (non-hydrogen) atoms. The van der Waals surface area contributed by atoms with E-state index < -0.39 is 29.5 Å². The van der Waals surface area contributed by atoms with Crippen LogP contribution in [-0.4, -0.2) is 27.8 Å². The summed E-state index contributed by atoms with van der Waals surface area (Å²) in [5.41, 5.74) is 0.0913. The number of nitrogens with one attached hydrogen (secondary N) is 1. The van der Waals surface area contributed by atoms with Gasteiger partial charge in [-0.15, -0.1) is 0 Å². The molecule has 2 rings (SSSR count). The summed E-state index contributed by atoms with van der Waals surface area (Å²) >= 11 is 0. The summed E-state index contributed by atoms with van der Waals surface area (Å²) in [4.78, 5) is 28.2. The van der Waals surface area contributed by atoms with Gasteiger partial charge in [0, 0.05) is 5.39 Å². The zero-order chi connectivity index (χ0) is 19.6. The fraction of sp³-hybridized carbons (Fsp3) is 0.421. The van der Waals surface area contributed by atoms with Crippen molar-refractivity contribution in [3.63, 3.8) is 0 Å². The number of carbonyl (C=O) groups excluding carboxylic acids is 1. The topological polar surface area (TPSA) is 88.5 Å². The van der Waals surface area contributed by atoms with Gasteiger partial charge in [0.2, 0.25) is 0 Å². The average Bonchev–Trinajstić information content (AvgIpc) is 2.51. The predicted octanol–water partition coefficient (Wildman–Crippen LogP) is 4.22. The minimum absolute atomic E-state index is 0.0892. The molecule has 1 heterocycles. The maximum absolute atomic E-state index is 14.3. The van der Waals surface area contributed by atoms with E-state index in [0.717, 1.165) is 0 Å². The van der Waals surface area contributed by atoms with Gasteiger partial charge >= 0.3 is 12.1 Å². The van der Waals surface area contributed by atoms with Crippen LogP contribution in [0.2, 0.25) is 0 Å². The number of alkyl carbamates (subject to hydrolysis) is 1. The van der Waals surface area contributed by atoms with Crippen molar-refractivity contribution < 1.29 is 23.8 Å². The second kappa shape index (κ2) is 7.27. The molecule has 6 nitrogen and oxygen atoms in total. The summed E-state index contributed by atoms with van der Waals surface area (Å²) in [5.74, 6) is -1.74. The van der Waals surface area contributed by atoms with Crippen LogP contribution in [0.1, 0.15) is 62.3 Å². The van der Waals surface area contributed by atoms with Crippen molar-refractivity contribution in [2.75, 3.05) is 0 Å². The van der Waals surface area contributed by atoms with Crippen molar-refractivity contribution in [1.82, 2.24) is 10.3 Å². The van der Waals surface area contributed by atoms with Gasteiger partial charge in [-0.1, -0.05) is 13.0 Å². The van der Waals surface area contributed by atoms with Crippen LogP contribution in [0.15, 0.2) is 18.2 Å². The maximum Gasteiger partial charge on any atom is 0.408 e. The Balaban J connectivity index is 2.57. The molecule has 140 valence electrons. The minimum atomic E-state index is -1.22. The van der Waals surface area contributed by atoms with Gasteiger partial charge in [-0.25, -0.2) is 19.0 Å². The fourth-order valence-corrected chi connectivity index (χ4v) is 2.83. The average molecular weight is 362 g/mol. The molecule has 0 fully saturated rings. The first-order chi connectivity index (χ1) is 12.0. The smallest absolute Gasteiger partial charge is 0.408 e. The van der Waals surface area contributed by atoms with Crippen LogP contribution in [0.4, 0.5) is 9.18 Å². The fourth-order valence-electron chi connectivity index (χ4n) is 2.83. The normalized spacial score (nSPS) is 12.7. The van der Waals surface area contributed by atoms with Gasteiger partial charge in [0.15, 0.2) is 0 Å². The molecule has 0 saturated heterocycles. The van der Waals surface area contributed by atoms with Gasteiger partial charge < -0.3 is 15.2 Å². The van der Waals surface area contributed by atoms with E-state index in [2.05, 4.69) is 10.3 Å². The molecule has 0 aliphatic rings. The molecule has 7 heteroatoms. The van der Waals surface area contributed by atoms with Crippen LogP contribution in [-0.2, 0) is 11.2 Å². The highest BCUT2D eigenvalue weighted by Gasteiger charge is 2.26. The molecule has 0 unspecified atom stereocenters. The number of carboxylic acids is 1. The van der Waals surface area contributed by atoms with E-state index in [1.807, 2.05) is 0 Å². The highest BCUT2D eigenvalue weighted by Crippen LogP contribution is 2.29. The molecule has 0 saturated carbocycles. The molecule has 2 N–H and O–H groups in total. The Hall–Kier alpha value is -2.70. The van der Waals surface area contributed by atoms with Gasteiger partial charge in [0.1, 0.15) is 11.4 Å². The molecular weight excluding hydrogens is 339 g/mol. The number of carbonyl (C=O) groups is 2. The quantitative estimate of drug-likeness (QED) is 0.850. The Morgan fingerprint density at radius 1 is 1.35 bits per heavy atom. The number of hydrogen-bond donors (Lipinski definition) is 2. The number of aromatic carboxylic acids is 1. The van der Waals surface area contributed by atoms with Gasteiger partial charge in [0.25, 0.3) is 0 Å². The van der Waals surface area contributed by atoms with Crippen molar-refractivity contribution in [2.24, 2.45) is 0 Å². The molecule has 1 aromatic carbocycles. The molecule has 2 aromatic rings. The standard InChI is InChI=1S/C19H23FN2O4/c1-6-11-14-12(20)8-7-9-13(14)22-16(15(11)17(23)24)10(2)21-18(25)26-19(3,4)5/h7-10H,6H2,1-5H3,(H,21,25)(H,23,24)/t10-/m0/s1. The number of aromatic nitrogens is 1. The third-order valence-corrected chi connectivity index (χ3v) is 3.80. The number of benzene rings is 1. The predicted molar refractivity (Wildman–Crippen MR) is 95.8 cm³/mol. The largest absolute Gasteiger partial charge is 0.478 e. The van der Waals surface area contributed by atoms with Gasteiger partial charge in [0.05, 0.1) is 22.8 Å². The lowest BCUT2D eigenvalue weighted by molar-refractivity contribution is 0.0503. The first kappa shape index (κ1) is 19.6. The van der Waals surface area contributed by atoms with Crippen LogP contribution in [0.5, 0.6) is 0 Å². The molecule has 1 aromatic heterocycles. The highest BCUT2D eigenvalue weighted by molar-refractivity contribution is 5.98. The maximum atomic E-state index is 14.3. The lowest BCUT2D eigenvalue weighted by Crippen LogP contribution is -2.35. The number of aryl methyl sites for hydroxylation is 1. The Morgan fingerprint density at radius 2 is 2.00 bits per heavy atom. The first-order valence-corrected chi connectivity index (χ1v) is 8.39. The molecule has 1 amide bonds.